The third-order valence-corrected chi connectivity index (χ3v) is 7.78. The third kappa shape index (κ3) is 3.99. The van der Waals surface area contributed by atoms with Crippen molar-refractivity contribution in [1.29, 1.82) is 0 Å². The molecule has 4 rings (SSSR count). The molecule has 0 aromatic carbocycles. The summed E-state index contributed by atoms with van der Waals surface area (Å²) in [5.74, 6) is 2.54. The molecule has 1 saturated carbocycles. The van der Waals surface area contributed by atoms with Gasteiger partial charge >= 0.3 is 0 Å². The lowest BCUT2D eigenvalue weighted by atomic mass is 9.88. The molecule has 1 aromatic heterocycles. The normalized spacial score (nSPS) is 25.0. The highest BCUT2D eigenvalue weighted by molar-refractivity contribution is 7.88. The van der Waals surface area contributed by atoms with Crippen LogP contribution in [0.25, 0.3) is 0 Å². The summed E-state index contributed by atoms with van der Waals surface area (Å²) in [6.45, 7) is 4.78. The van der Waals surface area contributed by atoms with Gasteiger partial charge in [0.05, 0.1) is 12.3 Å². The molecule has 1 saturated heterocycles. The molecule has 0 N–H and O–H groups in total. The highest BCUT2D eigenvalue weighted by Crippen LogP contribution is 2.36. The van der Waals surface area contributed by atoms with Crippen molar-refractivity contribution < 1.29 is 8.42 Å². The van der Waals surface area contributed by atoms with Gasteiger partial charge in [-0.1, -0.05) is 19.3 Å². The Morgan fingerprint density at radius 1 is 1.00 bits per heavy atom. The van der Waals surface area contributed by atoms with E-state index >= 15 is 0 Å². The number of fused-ring (bicyclic) bond motifs is 1. The summed E-state index contributed by atoms with van der Waals surface area (Å²) in [4.78, 5) is 12.2. The van der Waals surface area contributed by atoms with Crippen LogP contribution in [-0.4, -0.2) is 48.6 Å². The molecule has 150 valence electrons. The van der Waals surface area contributed by atoms with E-state index in [9.17, 15) is 8.42 Å². The molecule has 0 amide bonds. The molecular formula is C20H32N4O2S. The van der Waals surface area contributed by atoms with E-state index in [1.54, 1.807) is 4.31 Å². The van der Waals surface area contributed by atoms with Gasteiger partial charge in [0.1, 0.15) is 11.6 Å². The van der Waals surface area contributed by atoms with Gasteiger partial charge in [0.2, 0.25) is 10.0 Å². The number of nitrogens with zero attached hydrogens (tertiary/aromatic N) is 4. The van der Waals surface area contributed by atoms with E-state index in [4.69, 9.17) is 9.97 Å². The fraction of sp³-hybridized carbons (Fsp3) is 0.800. The SMILES string of the molecule is Cc1nc([C@@H]2CCCN2S(C)(=O)=O)nc2c1CCCN2CC1CCCCC1. The lowest BCUT2D eigenvalue weighted by Crippen LogP contribution is -2.37. The standard InChI is InChI=1S/C20H32N4O2S/c1-15-17-10-6-12-23(14-16-8-4-3-5-9-16)20(17)22-19(21-15)18-11-7-13-24(18)27(2,25)26/h16,18H,3-14H2,1-2H3/t18-/m0/s1. The Morgan fingerprint density at radius 3 is 2.52 bits per heavy atom. The van der Waals surface area contributed by atoms with Crippen molar-refractivity contribution in [1.82, 2.24) is 14.3 Å². The molecule has 2 fully saturated rings. The van der Waals surface area contributed by atoms with E-state index in [-0.39, 0.29) is 6.04 Å². The molecule has 0 radical (unpaired) electrons. The van der Waals surface area contributed by atoms with Crippen molar-refractivity contribution in [2.24, 2.45) is 5.92 Å². The van der Waals surface area contributed by atoms with Crippen LogP contribution in [0.15, 0.2) is 0 Å². The summed E-state index contributed by atoms with van der Waals surface area (Å²) in [5.41, 5.74) is 2.30. The average molecular weight is 393 g/mol. The van der Waals surface area contributed by atoms with Crippen molar-refractivity contribution in [3.8, 4) is 0 Å². The zero-order chi connectivity index (χ0) is 19.0. The number of anilines is 1. The molecule has 1 atom stereocenters. The lowest BCUT2D eigenvalue weighted by Gasteiger charge is -2.35. The molecule has 0 bridgehead atoms. The predicted molar refractivity (Wildman–Crippen MR) is 107 cm³/mol. The van der Waals surface area contributed by atoms with E-state index in [2.05, 4.69) is 11.8 Å². The van der Waals surface area contributed by atoms with E-state index in [0.717, 1.165) is 56.2 Å². The molecule has 7 heteroatoms. The fourth-order valence-corrected chi connectivity index (χ4v) is 6.23. The first-order valence-corrected chi connectivity index (χ1v) is 12.4. The van der Waals surface area contributed by atoms with E-state index < -0.39 is 10.0 Å². The summed E-state index contributed by atoms with van der Waals surface area (Å²) >= 11 is 0. The second-order valence-electron chi connectivity index (χ2n) is 8.55. The van der Waals surface area contributed by atoms with E-state index in [1.165, 1.54) is 43.9 Å². The molecule has 1 aromatic rings. The molecule has 3 heterocycles. The monoisotopic (exact) mass is 392 g/mol. The minimum atomic E-state index is -3.23. The van der Waals surface area contributed by atoms with Gasteiger partial charge in [-0.25, -0.2) is 18.4 Å². The molecule has 27 heavy (non-hydrogen) atoms. The molecule has 0 unspecified atom stereocenters. The van der Waals surface area contributed by atoms with Crippen LogP contribution in [0.2, 0.25) is 0 Å². The van der Waals surface area contributed by atoms with Crippen LogP contribution < -0.4 is 4.90 Å². The number of hydrogen-bond acceptors (Lipinski definition) is 5. The van der Waals surface area contributed by atoms with Crippen LogP contribution >= 0.6 is 0 Å². The van der Waals surface area contributed by atoms with E-state index in [1.807, 2.05) is 0 Å². The predicted octanol–water partition coefficient (Wildman–Crippen LogP) is 3.21. The molecule has 3 aliphatic rings. The lowest BCUT2D eigenvalue weighted by molar-refractivity contribution is 0.354. The van der Waals surface area contributed by atoms with Gasteiger partial charge in [-0.3, -0.25) is 0 Å². The number of hydrogen-bond donors (Lipinski definition) is 0. The third-order valence-electron chi connectivity index (χ3n) is 6.49. The fourth-order valence-electron chi connectivity index (χ4n) is 5.11. The van der Waals surface area contributed by atoms with Crippen molar-refractivity contribution >= 4 is 15.8 Å². The summed E-state index contributed by atoms with van der Waals surface area (Å²) in [7, 11) is -3.23. The largest absolute Gasteiger partial charge is 0.356 e. The highest BCUT2D eigenvalue weighted by Gasteiger charge is 2.36. The van der Waals surface area contributed by atoms with Gasteiger partial charge in [0, 0.05) is 30.9 Å². The van der Waals surface area contributed by atoms with Crippen molar-refractivity contribution in [2.75, 3.05) is 30.8 Å². The summed E-state index contributed by atoms with van der Waals surface area (Å²) in [5, 5.41) is 0. The molecule has 2 aliphatic heterocycles. The Hall–Kier alpha value is -1.21. The van der Waals surface area contributed by atoms with Gasteiger partial charge in [-0.2, -0.15) is 4.31 Å². The number of aryl methyl sites for hydroxylation is 1. The van der Waals surface area contributed by atoms with Crippen LogP contribution in [0, 0.1) is 12.8 Å². The zero-order valence-corrected chi connectivity index (χ0v) is 17.5. The van der Waals surface area contributed by atoms with Gasteiger partial charge < -0.3 is 4.90 Å². The zero-order valence-electron chi connectivity index (χ0n) is 16.7. The number of rotatable bonds is 4. The highest BCUT2D eigenvalue weighted by atomic mass is 32.2. The second-order valence-corrected chi connectivity index (χ2v) is 10.5. The average Bonchev–Trinajstić information content (AvgIpc) is 3.13. The maximum atomic E-state index is 12.2. The molecule has 1 aliphatic carbocycles. The number of aromatic nitrogens is 2. The summed E-state index contributed by atoms with van der Waals surface area (Å²) < 4.78 is 25.9. The quantitative estimate of drug-likeness (QED) is 0.787. The van der Waals surface area contributed by atoms with Gasteiger partial charge in [-0.15, -0.1) is 0 Å². The maximum Gasteiger partial charge on any atom is 0.211 e. The Balaban J connectivity index is 1.64. The Kier molecular flexibility index (Phi) is 5.43. The molecule has 0 spiro atoms. The van der Waals surface area contributed by atoms with Crippen LogP contribution in [-0.2, 0) is 16.4 Å². The minimum absolute atomic E-state index is 0.206. The van der Waals surface area contributed by atoms with Crippen LogP contribution in [0.3, 0.4) is 0 Å². The first-order chi connectivity index (χ1) is 12.9. The van der Waals surface area contributed by atoms with E-state index in [0.29, 0.717) is 12.4 Å². The Labute approximate surface area is 163 Å². The first kappa shape index (κ1) is 19.1. The van der Waals surface area contributed by atoms with Crippen molar-refractivity contribution in [3.05, 3.63) is 17.1 Å². The van der Waals surface area contributed by atoms with Gasteiger partial charge in [0.15, 0.2) is 0 Å². The topological polar surface area (TPSA) is 66.4 Å². The van der Waals surface area contributed by atoms with Gasteiger partial charge in [0.25, 0.3) is 0 Å². The first-order valence-electron chi connectivity index (χ1n) is 10.5. The molecule has 6 nitrogen and oxygen atoms in total. The maximum absolute atomic E-state index is 12.2. The van der Waals surface area contributed by atoms with Crippen molar-refractivity contribution in [2.45, 2.75) is 70.8 Å². The smallest absolute Gasteiger partial charge is 0.211 e. The van der Waals surface area contributed by atoms with Gasteiger partial charge in [-0.05, 0) is 51.4 Å². The number of sulfonamides is 1. The van der Waals surface area contributed by atoms with Crippen molar-refractivity contribution in [3.63, 3.8) is 0 Å². The Bertz CT molecular complexity index is 789. The van der Waals surface area contributed by atoms with Crippen LogP contribution in [0.1, 0.15) is 74.5 Å². The Morgan fingerprint density at radius 2 is 1.78 bits per heavy atom. The minimum Gasteiger partial charge on any atom is -0.356 e. The van der Waals surface area contributed by atoms with Crippen LogP contribution in [0.5, 0.6) is 0 Å². The van der Waals surface area contributed by atoms with Crippen LogP contribution in [0.4, 0.5) is 5.82 Å². The second kappa shape index (κ2) is 7.66. The molecular weight excluding hydrogens is 360 g/mol. The summed E-state index contributed by atoms with van der Waals surface area (Å²) in [6.07, 6.45) is 11.9. The summed E-state index contributed by atoms with van der Waals surface area (Å²) in [6, 6.07) is -0.206.